The number of para-hydroxylation sites is 1. The van der Waals surface area contributed by atoms with E-state index in [2.05, 4.69) is 46.5 Å². The number of hydrogen-bond donors (Lipinski definition) is 2. The van der Waals surface area contributed by atoms with E-state index in [0.717, 1.165) is 21.3 Å². The van der Waals surface area contributed by atoms with Crippen molar-refractivity contribution >= 4 is 15.9 Å². The molecule has 1 atom stereocenters. The molecule has 3 nitrogen and oxygen atoms in total. The first-order valence-corrected chi connectivity index (χ1v) is 7.40. The molecule has 0 aliphatic carbocycles. The summed E-state index contributed by atoms with van der Waals surface area (Å²) >= 11 is 3.61. The van der Waals surface area contributed by atoms with Gasteiger partial charge >= 0.3 is 0 Å². The van der Waals surface area contributed by atoms with Crippen LogP contribution in [0, 0.1) is 6.92 Å². The molecule has 3 N–H and O–H groups in total. The van der Waals surface area contributed by atoms with Crippen molar-refractivity contribution in [1.29, 1.82) is 0 Å². The second kappa shape index (κ2) is 6.88. The molecule has 1 unspecified atom stereocenters. The van der Waals surface area contributed by atoms with E-state index in [-0.39, 0.29) is 6.04 Å². The third kappa shape index (κ3) is 3.20. The summed E-state index contributed by atoms with van der Waals surface area (Å²) in [7, 11) is 0. The molecule has 20 heavy (non-hydrogen) atoms. The Hall–Kier alpha value is -1.36. The molecule has 2 rings (SSSR count). The molecule has 4 heteroatoms. The number of aryl methyl sites for hydroxylation is 1. The summed E-state index contributed by atoms with van der Waals surface area (Å²) in [6, 6.07) is 14.1. The molecule has 0 aromatic heterocycles. The van der Waals surface area contributed by atoms with E-state index in [1.807, 2.05) is 31.2 Å². The number of benzene rings is 2. The number of ether oxygens (including phenoxy) is 1. The summed E-state index contributed by atoms with van der Waals surface area (Å²) in [4.78, 5) is 0. The molecular formula is C16H19BrN2O. The molecule has 0 spiro atoms. The normalized spacial score (nSPS) is 12.2. The second-order valence-electron chi connectivity index (χ2n) is 4.60. The fraction of sp³-hybridized carbons (Fsp3) is 0.250. The highest BCUT2D eigenvalue weighted by molar-refractivity contribution is 9.10. The highest BCUT2D eigenvalue weighted by Gasteiger charge is 2.19. The summed E-state index contributed by atoms with van der Waals surface area (Å²) in [5.74, 6) is 6.63. The number of hydrogen-bond acceptors (Lipinski definition) is 3. The SMILES string of the molecule is CCOc1ccccc1C(NN)c1ccc(C)cc1Br. The van der Waals surface area contributed by atoms with Gasteiger partial charge in [-0.2, -0.15) is 0 Å². The van der Waals surface area contributed by atoms with Crippen molar-refractivity contribution in [3.05, 3.63) is 63.6 Å². The average molecular weight is 335 g/mol. The number of nitrogens with two attached hydrogens (primary N) is 1. The van der Waals surface area contributed by atoms with Crippen molar-refractivity contribution in [2.75, 3.05) is 6.61 Å². The van der Waals surface area contributed by atoms with Crippen LogP contribution in [-0.2, 0) is 0 Å². The van der Waals surface area contributed by atoms with E-state index in [4.69, 9.17) is 10.6 Å². The molecule has 0 heterocycles. The van der Waals surface area contributed by atoms with Crippen LogP contribution in [0.2, 0.25) is 0 Å². The van der Waals surface area contributed by atoms with Crippen LogP contribution < -0.4 is 16.0 Å². The molecule has 0 radical (unpaired) electrons. The first-order chi connectivity index (χ1) is 9.67. The smallest absolute Gasteiger partial charge is 0.124 e. The Morgan fingerprint density at radius 2 is 1.95 bits per heavy atom. The van der Waals surface area contributed by atoms with Gasteiger partial charge in [0.25, 0.3) is 0 Å². The lowest BCUT2D eigenvalue weighted by Gasteiger charge is -2.21. The van der Waals surface area contributed by atoms with Crippen LogP contribution in [0.3, 0.4) is 0 Å². The van der Waals surface area contributed by atoms with Crippen LogP contribution in [-0.4, -0.2) is 6.61 Å². The van der Waals surface area contributed by atoms with Crippen molar-refractivity contribution in [2.24, 2.45) is 5.84 Å². The standard InChI is InChI=1S/C16H19BrN2O/c1-3-20-15-7-5-4-6-13(15)16(19-18)12-9-8-11(2)10-14(12)17/h4-10,16,19H,3,18H2,1-2H3. The van der Waals surface area contributed by atoms with Crippen LogP contribution >= 0.6 is 15.9 Å². The second-order valence-corrected chi connectivity index (χ2v) is 5.45. The molecule has 0 saturated carbocycles. The number of hydrazine groups is 1. The van der Waals surface area contributed by atoms with Gasteiger partial charge in [-0.3, -0.25) is 5.84 Å². The Labute approximate surface area is 128 Å². The Morgan fingerprint density at radius 3 is 2.60 bits per heavy atom. The van der Waals surface area contributed by atoms with Gasteiger partial charge in [0.2, 0.25) is 0 Å². The van der Waals surface area contributed by atoms with Crippen LogP contribution in [0.25, 0.3) is 0 Å². The van der Waals surface area contributed by atoms with Crippen LogP contribution in [0.1, 0.15) is 29.7 Å². The molecule has 0 fully saturated rings. The largest absolute Gasteiger partial charge is 0.494 e. The zero-order chi connectivity index (χ0) is 14.5. The van der Waals surface area contributed by atoms with Gasteiger partial charge in [-0.1, -0.05) is 46.3 Å². The summed E-state index contributed by atoms with van der Waals surface area (Å²) in [6.07, 6.45) is 0. The van der Waals surface area contributed by atoms with Gasteiger partial charge in [-0.15, -0.1) is 0 Å². The molecule has 0 bridgehead atoms. The Kier molecular flexibility index (Phi) is 5.17. The highest BCUT2D eigenvalue weighted by atomic mass is 79.9. The summed E-state index contributed by atoms with van der Waals surface area (Å²) in [6.45, 7) is 4.67. The minimum absolute atomic E-state index is 0.118. The fourth-order valence-electron chi connectivity index (χ4n) is 2.22. The average Bonchev–Trinajstić information content (AvgIpc) is 2.44. The molecule has 2 aromatic carbocycles. The van der Waals surface area contributed by atoms with Gasteiger partial charge in [-0.25, -0.2) is 5.43 Å². The van der Waals surface area contributed by atoms with Crippen molar-refractivity contribution in [1.82, 2.24) is 5.43 Å². The quantitative estimate of drug-likeness (QED) is 0.647. The maximum Gasteiger partial charge on any atom is 0.124 e. The summed E-state index contributed by atoms with van der Waals surface area (Å²) in [5, 5.41) is 0. The van der Waals surface area contributed by atoms with Crippen LogP contribution in [0.15, 0.2) is 46.9 Å². The van der Waals surface area contributed by atoms with Gasteiger partial charge in [0.05, 0.1) is 12.6 Å². The van der Waals surface area contributed by atoms with Gasteiger partial charge in [0.15, 0.2) is 0 Å². The Balaban J connectivity index is 2.47. The zero-order valence-corrected chi connectivity index (χ0v) is 13.3. The van der Waals surface area contributed by atoms with Gasteiger partial charge in [0.1, 0.15) is 5.75 Å². The molecule has 106 valence electrons. The van der Waals surface area contributed by atoms with Gasteiger partial charge < -0.3 is 4.74 Å². The fourth-order valence-corrected chi connectivity index (χ4v) is 2.94. The Bertz CT molecular complexity index is 586. The maximum atomic E-state index is 5.78. The third-order valence-corrected chi connectivity index (χ3v) is 3.85. The minimum atomic E-state index is -0.118. The van der Waals surface area contributed by atoms with Crippen molar-refractivity contribution in [3.63, 3.8) is 0 Å². The van der Waals surface area contributed by atoms with Crippen LogP contribution in [0.5, 0.6) is 5.75 Å². The first-order valence-electron chi connectivity index (χ1n) is 6.61. The summed E-state index contributed by atoms with van der Waals surface area (Å²) < 4.78 is 6.73. The number of nitrogens with one attached hydrogen (secondary N) is 1. The van der Waals surface area contributed by atoms with Gasteiger partial charge in [-0.05, 0) is 37.1 Å². The van der Waals surface area contributed by atoms with E-state index in [9.17, 15) is 0 Å². The van der Waals surface area contributed by atoms with E-state index < -0.39 is 0 Å². The molecule has 0 saturated heterocycles. The monoisotopic (exact) mass is 334 g/mol. The lowest BCUT2D eigenvalue weighted by atomic mass is 9.97. The first kappa shape index (κ1) is 15.0. The van der Waals surface area contributed by atoms with E-state index in [1.165, 1.54) is 5.56 Å². The zero-order valence-electron chi connectivity index (χ0n) is 11.7. The number of halogens is 1. The molecule has 0 aliphatic heterocycles. The lowest BCUT2D eigenvalue weighted by Crippen LogP contribution is -2.29. The minimum Gasteiger partial charge on any atom is -0.494 e. The molecule has 0 amide bonds. The van der Waals surface area contributed by atoms with Crippen molar-refractivity contribution < 1.29 is 4.74 Å². The van der Waals surface area contributed by atoms with E-state index in [1.54, 1.807) is 0 Å². The predicted molar refractivity (Wildman–Crippen MR) is 85.7 cm³/mol. The van der Waals surface area contributed by atoms with E-state index in [0.29, 0.717) is 6.61 Å². The highest BCUT2D eigenvalue weighted by Crippen LogP contribution is 2.33. The van der Waals surface area contributed by atoms with Gasteiger partial charge in [0, 0.05) is 10.0 Å². The van der Waals surface area contributed by atoms with E-state index >= 15 is 0 Å². The van der Waals surface area contributed by atoms with Crippen LogP contribution in [0.4, 0.5) is 0 Å². The maximum absolute atomic E-state index is 5.78. The predicted octanol–water partition coefficient (Wildman–Crippen LogP) is 3.71. The lowest BCUT2D eigenvalue weighted by molar-refractivity contribution is 0.333. The van der Waals surface area contributed by atoms with Crippen molar-refractivity contribution in [3.8, 4) is 5.75 Å². The third-order valence-electron chi connectivity index (χ3n) is 3.16. The molecule has 0 aliphatic rings. The Morgan fingerprint density at radius 1 is 1.20 bits per heavy atom. The van der Waals surface area contributed by atoms with Crippen molar-refractivity contribution in [2.45, 2.75) is 19.9 Å². The molecule has 2 aromatic rings. The molecular weight excluding hydrogens is 316 g/mol. The topological polar surface area (TPSA) is 47.3 Å². The summed E-state index contributed by atoms with van der Waals surface area (Å²) in [5.41, 5.74) is 6.20. The number of rotatable bonds is 5.